The number of fused-ring (bicyclic) bond motifs is 1. The van der Waals surface area contributed by atoms with Crippen molar-refractivity contribution in [2.24, 2.45) is 5.41 Å². The van der Waals surface area contributed by atoms with Gasteiger partial charge >= 0.3 is 0 Å². The minimum absolute atomic E-state index is 0.248. The minimum atomic E-state index is -0.253. The van der Waals surface area contributed by atoms with Crippen LogP contribution >= 0.6 is 0 Å². The van der Waals surface area contributed by atoms with Gasteiger partial charge in [0.05, 0.1) is 17.7 Å². The Balaban J connectivity index is 1.56. The molecule has 0 saturated heterocycles. The van der Waals surface area contributed by atoms with Gasteiger partial charge < -0.3 is 9.47 Å². The zero-order chi connectivity index (χ0) is 18.1. The summed E-state index contributed by atoms with van der Waals surface area (Å²) in [6.07, 6.45) is 4.77. The van der Waals surface area contributed by atoms with Gasteiger partial charge in [0.25, 0.3) is 0 Å². The molecule has 0 atom stereocenters. The third kappa shape index (κ3) is 2.89. The number of hydrogen-bond acceptors (Lipinski definition) is 4. The van der Waals surface area contributed by atoms with E-state index in [-0.39, 0.29) is 17.3 Å². The molecule has 0 heterocycles. The van der Waals surface area contributed by atoms with Gasteiger partial charge in [-0.15, -0.1) is 0 Å². The normalized spacial score (nSPS) is 24.3. The van der Waals surface area contributed by atoms with Gasteiger partial charge in [0.15, 0.2) is 5.78 Å². The third-order valence-corrected chi connectivity index (χ3v) is 5.76. The standard InChI is InChI=1S/C22H21NO3/c1-25-17-7-9-22(10-8-17)13-16-5-6-19(12-20(16)21(22)24)26-18-4-2-3-15(11-18)14-23/h2-6,11-12,17H,7-10,13H2,1H3/t17-,22-. The fourth-order valence-electron chi connectivity index (χ4n) is 4.26. The van der Waals surface area contributed by atoms with Crippen molar-refractivity contribution in [3.8, 4) is 17.6 Å². The molecule has 26 heavy (non-hydrogen) atoms. The summed E-state index contributed by atoms with van der Waals surface area (Å²) in [5.74, 6) is 1.48. The molecule has 0 radical (unpaired) electrons. The van der Waals surface area contributed by atoms with E-state index in [4.69, 9.17) is 14.7 Å². The molecule has 4 nitrogen and oxygen atoms in total. The summed E-state index contributed by atoms with van der Waals surface area (Å²) in [4.78, 5) is 13.1. The number of benzene rings is 2. The molecule has 0 N–H and O–H groups in total. The van der Waals surface area contributed by atoms with Gasteiger partial charge in [0.2, 0.25) is 0 Å². The van der Waals surface area contributed by atoms with E-state index in [0.717, 1.165) is 43.2 Å². The lowest BCUT2D eigenvalue weighted by atomic mass is 9.70. The predicted octanol–water partition coefficient (Wildman–Crippen LogP) is 4.66. The average molecular weight is 347 g/mol. The summed E-state index contributed by atoms with van der Waals surface area (Å²) in [6.45, 7) is 0. The minimum Gasteiger partial charge on any atom is -0.457 e. The van der Waals surface area contributed by atoms with Crippen molar-refractivity contribution < 1.29 is 14.3 Å². The van der Waals surface area contributed by atoms with Crippen molar-refractivity contribution >= 4 is 5.78 Å². The Morgan fingerprint density at radius 2 is 1.88 bits per heavy atom. The maximum Gasteiger partial charge on any atom is 0.169 e. The zero-order valence-electron chi connectivity index (χ0n) is 14.8. The van der Waals surface area contributed by atoms with Gasteiger partial charge in [0.1, 0.15) is 11.5 Å². The highest BCUT2D eigenvalue weighted by molar-refractivity contribution is 6.05. The molecule has 132 valence electrons. The van der Waals surface area contributed by atoms with Crippen LogP contribution in [0.5, 0.6) is 11.5 Å². The Bertz CT molecular complexity index is 889. The van der Waals surface area contributed by atoms with Gasteiger partial charge in [-0.05, 0) is 68.0 Å². The van der Waals surface area contributed by atoms with E-state index in [1.54, 1.807) is 25.3 Å². The van der Waals surface area contributed by atoms with Crippen LogP contribution in [0, 0.1) is 16.7 Å². The molecule has 4 rings (SSSR count). The summed E-state index contributed by atoms with van der Waals surface area (Å²) in [5, 5.41) is 9.01. The second-order valence-electron chi connectivity index (χ2n) is 7.28. The lowest BCUT2D eigenvalue weighted by Crippen LogP contribution is -2.35. The number of ketones is 1. The second-order valence-corrected chi connectivity index (χ2v) is 7.28. The van der Waals surface area contributed by atoms with E-state index >= 15 is 0 Å². The summed E-state index contributed by atoms with van der Waals surface area (Å²) >= 11 is 0. The maximum atomic E-state index is 13.1. The molecule has 0 unspecified atom stereocenters. The molecule has 4 heteroatoms. The van der Waals surface area contributed by atoms with Crippen LogP contribution in [0.15, 0.2) is 42.5 Å². The molecule has 2 aromatic carbocycles. The monoisotopic (exact) mass is 347 g/mol. The Labute approximate surface area is 153 Å². The number of ether oxygens (including phenoxy) is 2. The fraction of sp³-hybridized carbons (Fsp3) is 0.364. The topological polar surface area (TPSA) is 59.3 Å². The predicted molar refractivity (Wildman–Crippen MR) is 97.4 cm³/mol. The Kier molecular flexibility index (Phi) is 4.26. The highest BCUT2D eigenvalue weighted by Crippen LogP contribution is 2.48. The van der Waals surface area contributed by atoms with E-state index in [9.17, 15) is 4.79 Å². The van der Waals surface area contributed by atoms with Crippen LogP contribution in [-0.4, -0.2) is 19.0 Å². The number of nitriles is 1. The maximum absolute atomic E-state index is 13.1. The van der Waals surface area contributed by atoms with Crippen LogP contribution < -0.4 is 4.74 Å². The Morgan fingerprint density at radius 3 is 2.62 bits per heavy atom. The van der Waals surface area contributed by atoms with Crippen molar-refractivity contribution in [2.75, 3.05) is 7.11 Å². The number of hydrogen-bond donors (Lipinski definition) is 0. The first-order valence-electron chi connectivity index (χ1n) is 9.02. The van der Waals surface area contributed by atoms with E-state index in [1.165, 1.54) is 0 Å². The molecule has 0 aromatic heterocycles. The molecule has 2 aliphatic rings. The van der Waals surface area contributed by atoms with Crippen LogP contribution in [-0.2, 0) is 11.2 Å². The smallest absolute Gasteiger partial charge is 0.169 e. The van der Waals surface area contributed by atoms with Crippen LogP contribution in [0.3, 0.4) is 0 Å². The average Bonchev–Trinajstić information content (AvgIpc) is 2.94. The van der Waals surface area contributed by atoms with Crippen LogP contribution in [0.2, 0.25) is 0 Å². The van der Waals surface area contributed by atoms with Crippen molar-refractivity contribution in [3.63, 3.8) is 0 Å². The summed E-state index contributed by atoms with van der Waals surface area (Å²) in [7, 11) is 1.75. The van der Waals surface area contributed by atoms with Gasteiger partial charge in [-0.3, -0.25) is 4.79 Å². The number of Topliss-reactive ketones (excluding diaryl/α,β-unsaturated/α-hetero) is 1. The number of carbonyl (C=O) groups excluding carboxylic acids is 1. The van der Waals surface area contributed by atoms with Crippen molar-refractivity contribution in [1.29, 1.82) is 5.26 Å². The van der Waals surface area contributed by atoms with E-state index in [2.05, 4.69) is 6.07 Å². The van der Waals surface area contributed by atoms with Gasteiger partial charge in [-0.2, -0.15) is 5.26 Å². The highest BCUT2D eigenvalue weighted by atomic mass is 16.5. The third-order valence-electron chi connectivity index (χ3n) is 5.76. The largest absolute Gasteiger partial charge is 0.457 e. The zero-order valence-corrected chi connectivity index (χ0v) is 14.8. The molecule has 2 aliphatic carbocycles. The summed E-state index contributed by atoms with van der Waals surface area (Å²) in [6, 6.07) is 14.9. The number of carbonyl (C=O) groups is 1. The van der Waals surface area contributed by atoms with Crippen LogP contribution in [0.4, 0.5) is 0 Å². The first-order chi connectivity index (χ1) is 12.6. The molecule has 1 fully saturated rings. The lowest BCUT2D eigenvalue weighted by Gasteiger charge is -2.35. The van der Waals surface area contributed by atoms with E-state index in [1.807, 2.05) is 24.3 Å². The molecule has 0 amide bonds. The van der Waals surface area contributed by atoms with Crippen molar-refractivity contribution in [3.05, 3.63) is 59.2 Å². The Morgan fingerprint density at radius 1 is 1.12 bits per heavy atom. The SMILES string of the molecule is CO[C@H]1CC[C@]2(CC1)Cc1ccc(Oc3cccc(C#N)c3)cc1C2=O. The number of rotatable bonds is 3. The second kappa shape index (κ2) is 6.59. The number of methoxy groups -OCH3 is 1. The van der Waals surface area contributed by atoms with Crippen LogP contribution in [0.1, 0.15) is 47.2 Å². The summed E-state index contributed by atoms with van der Waals surface area (Å²) < 4.78 is 11.3. The first-order valence-corrected chi connectivity index (χ1v) is 9.02. The van der Waals surface area contributed by atoms with Gasteiger partial charge in [-0.1, -0.05) is 12.1 Å². The molecule has 2 aromatic rings. The molecule has 0 bridgehead atoms. The molecule has 1 spiro atoms. The summed E-state index contributed by atoms with van der Waals surface area (Å²) in [5.41, 5.74) is 2.20. The molecular weight excluding hydrogens is 326 g/mol. The fourth-order valence-corrected chi connectivity index (χ4v) is 4.26. The molecule has 1 saturated carbocycles. The number of nitrogens with zero attached hydrogens (tertiary/aromatic N) is 1. The van der Waals surface area contributed by atoms with Crippen molar-refractivity contribution in [1.82, 2.24) is 0 Å². The van der Waals surface area contributed by atoms with Gasteiger partial charge in [-0.25, -0.2) is 0 Å². The first kappa shape index (κ1) is 16.8. The molecule has 0 aliphatic heterocycles. The quantitative estimate of drug-likeness (QED) is 0.810. The Hall–Kier alpha value is -2.64. The highest BCUT2D eigenvalue weighted by Gasteiger charge is 2.47. The lowest BCUT2D eigenvalue weighted by molar-refractivity contribution is 0.0285. The van der Waals surface area contributed by atoms with Gasteiger partial charge in [0, 0.05) is 18.1 Å². The van der Waals surface area contributed by atoms with E-state index < -0.39 is 0 Å². The van der Waals surface area contributed by atoms with Crippen molar-refractivity contribution in [2.45, 2.75) is 38.2 Å². The molecular formula is C22H21NO3. The van der Waals surface area contributed by atoms with Crippen LogP contribution in [0.25, 0.3) is 0 Å². The van der Waals surface area contributed by atoms with E-state index in [0.29, 0.717) is 17.1 Å².